The highest BCUT2D eigenvalue weighted by molar-refractivity contribution is 4.83. The van der Waals surface area contributed by atoms with Crippen LogP contribution in [0.15, 0.2) is 12.4 Å². The second-order valence-corrected chi connectivity index (χ2v) is 7.34. The summed E-state index contributed by atoms with van der Waals surface area (Å²) in [6.07, 6.45) is 23.9. The van der Waals surface area contributed by atoms with Crippen molar-refractivity contribution < 1.29 is 4.57 Å². The fraction of sp³-hybridized carbons (Fsp3) is 0.864. The van der Waals surface area contributed by atoms with Gasteiger partial charge >= 0.3 is 0 Å². The van der Waals surface area contributed by atoms with Gasteiger partial charge in [0.15, 0.2) is 0 Å². The lowest BCUT2D eigenvalue weighted by Crippen LogP contribution is -2.37. The third kappa shape index (κ3) is 8.89. The van der Waals surface area contributed by atoms with Crippen LogP contribution in [0.5, 0.6) is 0 Å². The minimum Gasteiger partial charge on any atom is -0.234 e. The lowest BCUT2D eigenvalue weighted by atomic mass is 10.1. The van der Waals surface area contributed by atoms with E-state index in [4.69, 9.17) is 0 Å². The first-order valence-corrected chi connectivity index (χ1v) is 10.9. The molecule has 0 aliphatic rings. The van der Waals surface area contributed by atoms with E-state index in [9.17, 15) is 0 Å². The lowest BCUT2D eigenvalue weighted by Gasteiger charge is -2.04. The van der Waals surface area contributed by atoms with E-state index in [2.05, 4.69) is 42.3 Å². The van der Waals surface area contributed by atoms with Crippen molar-refractivity contribution >= 4 is 0 Å². The van der Waals surface area contributed by atoms with E-state index in [0.717, 1.165) is 6.42 Å². The van der Waals surface area contributed by atoms with E-state index >= 15 is 0 Å². The highest BCUT2D eigenvalue weighted by Crippen LogP contribution is 2.10. The van der Waals surface area contributed by atoms with E-state index < -0.39 is 0 Å². The van der Waals surface area contributed by atoms with Crippen molar-refractivity contribution in [2.24, 2.45) is 0 Å². The molecule has 1 heterocycles. The Hall–Kier alpha value is -0.790. The minimum atomic E-state index is 1.15. The van der Waals surface area contributed by atoms with Gasteiger partial charge in [-0.15, -0.1) is 0 Å². The normalized spacial score (nSPS) is 11.3. The van der Waals surface area contributed by atoms with Gasteiger partial charge in [-0.2, -0.15) is 0 Å². The molecular weight excluding hydrogens is 292 g/mol. The molecule has 0 aliphatic carbocycles. The third-order valence-corrected chi connectivity index (χ3v) is 5.16. The van der Waals surface area contributed by atoms with Crippen LogP contribution >= 0.6 is 0 Å². The molecule has 140 valence electrons. The Morgan fingerprint density at radius 2 is 1.25 bits per heavy atom. The molecule has 1 rings (SSSR count). The summed E-state index contributed by atoms with van der Waals surface area (Å²) in [7, 11) is 0. The number of unbranched alkanes of at least 4 members (excludes halogenated alkanes) is 11. The van der Waals surface area contributed by atoms with Crippen molar-refractivity contribution in [3.8, 4) is 0 Å². The van der Waals surface area contributed by atoms with Gasteiger partial charge in [0.05, 0.1) is 13.1 Å². The predicted molar refractivity (Wildman–Crippen MR) is 105 cm³/mol. The third-order valence-electron chi connectivity index (χ3n) is 5.16. The maximum Gasteiger partial charge on any atom is 0.256 e. The molecule has 1 aromatic heterocycles. The first-order valence-electron chi connectivity index (χ1n) is 10.9. The Morgan fingerprint density at radius 3 is 1.83 bits per heavy atom. The summed E-state index contributed by atoms with van der Waals surface area (Å²) in [4.78, 5) is 0. The van der Waals surface area contributed by atoms with Gasteiger partial charge in [0.1, 0.15) is 12.4 Å². The lowest BCUT2D eigenvalue weighted by molar-refractivity contribution is -0.704. The van der Waals surface area contributed by atoms with Crippen molar-refractivity contribution in [2.75, 3.05) is 0 Å². The maximum atomic E-state index is 2.50. The van der Waals surface area contributed by atoms with Crippen LogP contribution in [0.2, 0.25) is 0 Å². The second-order valence-electron chi connectivity index (χ2n) is 7.34. The number of hydrogen-bond donors (Lipinski definition) is 0. The summed E-state index contributed by atoms with van der Waals surface area (Å²) < 4.78 is 4.99. The van der Waals surface area contributed by atoms with E-state index in [0.29, 0.717) is 0 Å². The highest BCUT2D eigenvalue weighted by Gasteiger charge is 2.14. The number of nitrogens with zero attached hydrogens (tertiary/aromatic N) is 2. The number of rotatable bonds is 16. The van der Waals surface area contributed by atoms with Gasteiger partial charge in [-0.05, 0) is 25.7 Å². The molecule has 0 atom stereocenters. The average molecular weight is 336 g/mol. The molecule has 0 aliphatic heterocycles. The Bertz CT molecular complexity index is 395. The van der Waals surface area contributed by atoms with E-state index in [-0.39, 0.29) is 0 Å². The summed E-state index contributed by atoms with van der Waals surface area (Å²) in [5.41, 5.74) is 0. The molecule has 0 radical (unpaired) electrons. The molecule has 1 aromatic rings. The van der Waals surface area contributed by atoms with E-state index in [1.807, 2.05) is 0 Å². The summed E-state index contributed by atoms with van der Waals surface area (Å²) in [5, 5.41) is 0. The van der Waals surface area contributed by atoms with Gasteiger partial charge in [0.25, 0.3) is 5.82 Å². The molecular formula is C22H43N2+. The average Bonchev–Trinajstić information content (AvgIpc) is 2.99. The van der Waals surface area contributed by atoms with Gasteiger partial charge < -0.3 is 0 Å². The molecule has 24 heavy (non-hydrogen) atoms. The van der Waals surface area contributed by atoms with Crippen molar-refractivity contribution in [1.82, 2.24) is 4.57 Å². The van der Waals surface area contributed by atoms with Gasteiger partial charge in [-0.3, -0.25) is 0 Å². The van der Waals surface area contributed by atoms with Crippen LogP contribution in [-0.4, -0.2) is 4.57 Å². The largest absolute Gasteiger partial charge is 0.256 e. The number of aromatic nitrogens is 2. The van der Waals surface area contributed by atoms with Crippen molar-refractivity contribution in [1.29, 1.82) is 0 Å². The molecule has 0 unspecified atom stereocenters. The molecule has 0 saturated heterocycles. The quantitative estimate of drug-likeness (QED) is 0.242. The molecule has 0 fully saturated rings. The summed E-state index contributed by atoms with van der Waals surface area (Å²) >= 11 is 0. The zero-order valence-electron chi connectivity index (χ0n) is 16.9. The fourth-order valence-electron chi connectivity index (χ4n) is 3.61. The van der Waals surface area contributed by atoms with Crippen LogP contribution in [0.1, 0.15) is 110 Å². The van der Waals surface area contributed by atoms with Crippen LogP contribution in [0.4, 0.5) is 0 Å². The van der Waals surface area contributed by atoms with Gasteiger partial charge in [-0.1, -0.05) is 78.6 Å². The molecule has 0 N–H and O–H groups in total. The molecule has 0 bridgehead atoms. The topological polar surface area (TPSA) is 8.81 Å². The van der Waals surface area contributed by atoms with Gasteiger partial charge in [0, 0.05) is 6.42 Å². The molecule has 0 aromatic carbocycles. The molecule has 2 nitrogen and oxygen atoms in total. The van der Waals surface area contributed by atoms with E-state index in [1.54, 1.807) is 0 Å². The Kier molecular flexibility index (Phi) is 12.9. The van der Waals surface area contributed by atoms with Crippen molar-refractivity contribution in [2.45, 2.75) is 124 Å². The van der Waals surface area contributed by atoms with E-state index in [1.165, 1.54) is 102 Å². The van der Waals surface area contributed by atoms with Gasteiger partial charge in [0.2, 0.25) is 0 Å². The fourth-order valence-corrected chi connectivity index (χ4v) is 3.61. The molecule has 0 spiro atoms. The zero-order valence-corrected chi connectivity index (χ0v) is 16.9. The smallest absolute Gasteiger partial charge is 0.234 e. The number of aryl methyl sites for hydroxylation is 2. The Balaban J connectivity index is 2.17. The summed E-state index contributed by atoms with van der Waals surface area (Å²) in [6.45, 7) is 9.28. The SMILES string of the molecule is CCCCCCCCCCC[n+]1ccn(CCCCCC)c1CC. The first-order chi connectivity index (χ1) is 11.8. The molecule has 2 heteroatoms. The molecule has 0 amide bonds. The number of hydrogen-bond acceptors (Lipinski definition) is 0. The van der Waals surface area contributed by atoms with Crippen molar-refractivity contribution in [3.63, 3.8) is 0 Å². The van der Waals surface area contributed by atoms with Crippen LogP contribution in [-0.2, 0) is 19.5 Å². The Labute approximate surface area is 151 Å². The second kappa shape index (κ2) is 14.5. The highest BCUT2D eigenvalue weighted by atomic mass is 15.1. The standard InChI is InChI=1S/C22H43N2/c1-4-7-9-11-12-13-14-15-17-19-24-21-20-23(22(24)6-3)18-16-10-8-5-2/h20-21H,4-19H2,1-3H3/q+1. The number of imidazole rings is 1. The summed E-state index contributed by atoms with van der Waals surface area (Å²) in [5.74, 6) is 1.52. The first kappa shape index (κ1) is 21.3. The van der Waals surface area contributed by atoms with Crippen LogP contribution in [0.3, 0.4) is 0 Å². The van der Waals surface area contributed by atoms with Gasteiger partial charge in [-0.25, -0.2) is 9.13 Å². The monoisotopic (exact) mass is 335 g/mol. The Morgan fingerprint density at radius 1 is 0.708 bits per heavy atom. The van der Waals surface area contributed by atoms with Crippen molar-refractivity contribution in [3.05, 3.63) is 18.2 Å². The predicted octanol–water partition coefficient (Wildman–Crippen LogP) is 6.45. The zero-order chi connectivity index (χ0) is 17.5. The maximum absolute atomic E-state index is 2.50. The summed E-state index contributed by atoms with van der Waals surface area (Å²) in [6, 6.07) is 0. The van der Waals surface area contributed by atoms with Crippen LogP contribution in [0, 0.1) is 0 Å². The molecule has 0 saturated carbocycles. The van der Waals surface area contributed by atoms with Crippen LogP contribution < -0.4 is 4.57 Å². The minimum absolute atomic E-state index is 1.15. The van der Waals surface area contributed by atoms with Crippen LogP contribution in [0.25, 0.3) is 0 Å².